The number of aromatic nitrogens is 7. The van der Waals surface area contributed by atoms with Gasteiger partial charge in [-0.25, -0.2) is 15.0 Å². The summed E-state index contributed by atoms with van der Waals surface area (Å²) in [5.41, 5.74) is 3.01. The Balaban J connectivity index is 1.48. The number of hydrogen-bond donors (Lipinski definition) is 0. The number of anilines is 2. The van der Waals surface area contributed by atoms with Crippen LogP contribution in [0.2, 0.25) is 0 Å². The van der Waals surface area contributed by atoms with Crippen LogP contribution in [0.4, 0.5) is 11.6 Å². The fourth-order valence-corrected chi connectivity index (χ4v) is 3.87. The fraction of sp³-hybridized carbons (Fsp3) is 0.368. The molecule has 4 aromatic rings. The van der Waals surface area contributed by atoms with Crippen molar-refractivity contribution < 1.29 is 0 Å². The van der Waals surface area contributed by atoms with Gasteiger partial charge in [0, 0.05) is 49.0 Å². The lowest BCUT2D eigenvalue weighted by Crippen LogP contribution is -2.33. The summed E-state index contributed by atoms with van der Waals surface area (Å²) < 4.78 is 1.85. The Morgan fingerprint density at radius 2 is 1.79 bits per heavy atom. The van der Waals surface area contributed by atoms with E-state index in [1.54, 1.807) is 25.0 Å². The highest BCUT2D eigenvalue weighted by Gasteiger charge is 2.22. The molecule has 0 radical (unpaired) electrons. The van der Waals surface area contributed by atoms with E-state index in [0.717, 1.165) is 66.4 Å². The van der Waals surface area contributed by atoms with Gasteiger partial charge in [0.2, 0.25) is 0 Å². The van der Waals surface area contributed by atoms with Crippen LogP contribution in [0, 0.1) is 13.8 Å². The molecule has 5 heterocycles. The first-order chi connectivity index (χ1) is 13.7. The summed E-state index contributed by atoms with van der Waals surface area (Å²) in [5, 5.41) is 5.45. The van der Waals surface area contributed by atoms with E-state index < -0.39 is 0 Å². The summed E-state index contributed by atoms with van der Waals surface area (Å²) in [4.78, 5) is 26.6. The topological polar surface area (TPSA) is 88.2 Å². The van der Waals surface area contributed by atoms with E-state index in [4.69, 9.17) is 0 Å². The van der Waals surface area contributed by atoms with Gasteiger partial charge in [-0.05, 0) is 26.3 Å². The van der Waals surface area contributed by atoms with Crippen LogP contribution in [0.25, 0.3) is 16.7 Å². The van der Waals surface area contributed by atoms with Gasteiger partial charge in [0.1, 0.15) is 24.3 Å². The van der Waals surface area contributed by atoms with Crippen molar-refractivity contribution in [3.8, 4) is 0 Å². The molecular formula is C19H21N9. The molecule has 0 bridgehead atoms. The summed E-state index contributed by atoms with van der Waals surface area (Å²) in [7, 11) is 0. The molecule has 0 N–H and O–H groups in total. The Hall–Kier alpha value is -3.36. The number of rotatable bonds is 2. The SMILES string of the molecule is Cc1nc2ncnn2c(N2CCCN(c3ncnc4cnccc34)CC2)c1C. The molecule has 0 amide bonds. The molecule has 4 aromatic heterocycles. The maximum atomic E-state index is 4.57. The van der Waals surface area contributed by atoms with Crippen molar-refractivity contribution in [1.82, 2.24) is 34.5 Å². The van der Waals surface area contributed by atoms with Gasteiger partial charge in [0.25, 0.3) is 5.78 Å². The number of hydrogen-bond acceptors (Lipinski definition) is 8. The van der Waals surface area contributed by atoms with Gasteiger partial charge < -0.3 is 9.80 Å². The summed E-state index contributed by atoms with van der Waals surface area (Å²) in [6.45, 7) is 7.75. The lowest BCUT2D eigenvalue weighted by Gasteiger charge is -2.26. The number of aryl methyl sites for hydroxylation is 1. The average molecular weight is 375 g/mol. The van der Waals surface area contributed by atoms with Gasteiger partial charge >= 0.3 is 0 Å². The van der Waals surface area contributed by atoms with Crippen LogP contribution in [-0.4, -0.2) is 60.7 Å². The van der Waals surface area contributed by atoms with Gasteiger partial charge in [-0.15, -0.1) is 0 Å². The minimum absolute atomic E-state index is 0.647. The maximum Gasteiger partial charge on any atom is 0.254 e. The predicted molar refractivity (Wildman–Crippen MR) is 107 cm³/mol. The lowest BCUT2D eigenvalue weighted by atomic mass is 10.2. The van der Waals surface area contributed by atoms with Crippen molar-refractivity contribution in [1.29, 1.82) is 0 Å². The van der Waals surface area contributed by atoms with E-state index in [0.29, 0.717) is 5.78 Å². The second-order valence-electron chi connectivity index (χ2n) is 7.04. The van der Waals surface area contributed by atoms with Crippen molar-refractivity contribution in [2.45, 2.75) is 20.3 Å². The zero-order valence-electron chi connectivity index (χ0n) is 15.9. The van der Waals surface area contributed by atoms with Gasteiger partial charge in [-0.1, -0.05) is 0 Å². The third kappa shape index (κ3) is 2.70. The molecule has 28 heavy (non-hydrogen) atoms. The Labute approximate surface area is 162 Å². The van der Waals surface area contributed by atoms with Crippen molar-refractivity contribution >= 4 is 28.3 Å². The highest BCUT2D eigenvalue weighted by atomic mass is 15.4. The number of fused-ring (bicyclic) bond motifs is 2. The smallest absolute Gasteiger partial charge is 0.254 e. The second kappa shape index (κ2) is 6.66. The van der Waals surface area contributed by atoms with Crippen LogP contribution in [0.5, 0.6) is 0 Å². The van der Waals surface area contributed by atoms with Crippen molar-refractivity contribution in [2.24, 2.45) is 0 Å². The minimum Gasteiger partial charge on any atom is -0.354 e. The molecule has 5 rings (SSSR count). The van der Waals surface area contributed by atoms with Crippen molar-refractivity contribution in [2.75, 3.05) is 36.0 Å². The second-order valence-corrected chi connectivity index (χ2v) is 7.04. The molecule has 0 spiro atoms. The first-order valence-corrected chi connectivity index (χ1v) is 9.44. The van der Waals surface area contributed by atoms with E-state index in [1.165, 1.54) is 0 Å². The number of nitrogens with zero attached hydrogens (tertiary/aromatic N) is 9. The van der Waals surface area contributed by atoms with Gasteiger partial charge in [-0.2, -0.15) is 14.6 Å². The molecule has 0 atom stereocenters. The van der Waals surface area contributed by atoms with E-state index >= 15 is 0 Å². The Kier molecular flexibility index (Phi) is 4.00. The van der Waals surface area contributed by atoms with Gasteiger partial charge in [0.15, 0.2) is 0 Å². The Morgan fingerprint density at radius 1 is 0.929 bits per heavy atom. The molecule has 9 heteroatoms. The predicted octanol–water partition coefficient (Wildman–Crippen LogP) is 1.80. The van der Waals surface area contributed by atoms with E-state index in [2.05, 4.69) is 46.7 Å². The molecule has 0 aliphatic carbocycles. The lowest BCUT2D eigenvalue weighted by molar-refractivity contribution is 0.761. The average Bonchev–Trinajstić information content (AvgIpc) is 3.04. The van der Waals surface area contributed by atoms with Crippen LogP contribution < -0.4 is 9.80 Å². The van der Waals surface area contributed by atoms with E-state index in [1.807, 2.05) is 17.5 Å². The summed E-state index contributed by atoms with van der Waals surface area (Å²) in [6, 6.07) is 1.99. The van der Waals surface area contributed by atoms with Crippen LogP contribution in [-0.2, 0) is 0 Å². The third-order valence-electron chi connectivity index (χ3n) is 5.39. The van der Waals surface area contributed by atoms with Crippen LogP contribution in [0.1, 0.15) is 17.7 Å². The molecule has 0 saturated carbocycles. The third-order valence-corrected chi connectivity index (χ3v) is 5.39. The molecule has 1 fully saturated rings. The molecule has 142 valence electrons. The molecule has 1 saturated heterocycles. The standard InChI is InChI=1S/C19H21N9/c1-13-14(2)25-19-23-12-24-28(19)18(13)27-7-3-6-26(8-9-27)17-15-4-5-20-10-16(15)21-11-22-17/h4-5,10-12H,3,6-9H2,1-2H3. The highest BCUT2D eigenvalue weighted by molar-refractivity contribution is 5.88. The molecule has 9 nitrogen and oxygen atoms in total. The fourth-order valence-electron chi connectivity index (χ4n) is 3.87. The molecule has 1 aliphatic heterocycles. The van der Waals surface area contributed by atoms with E-state index in [9.17, 15) is 0 Å². The van der Waals surface area contributed by atoms with Crippen molar-refractivity contribution in [3.05, 3.63) is 42.4 Å². The van der Waals surface area contributed by atoms with Crippen molar-refractivity contribution in [3.63, 3.8) is 0 Å². The highest BCUT2D eigenvalue weighted by Crippen LogP contribution is 2.26. The minimum atomic E-state index is 0.647. The Bertz CT molecular complexity index is 1150. The first kappa shape index (κ1) is 16.8. The largest absolute Gasteiger partial charge is 0.354 e. The van der Waals surface area contributed by atoms with Crippen LogP contribution in [0.3, 0.4) is 0 Å². The Morgan fingerprint density at radius 3 is 2.71 bits per heavy atom. The van der Waals surface area contributed by atoms with E-state index in [-0.39, 0.29) is 0 Å². The molecular weight excluding hydrogens is 354 g/mol. The van der Waals surface area contributed by atoms with Crippen LogP contribution in [0.15, 0.2) is 31.1 Å². The van der Waals surface area contributed by atoms with Gasteiger partial charge in [0.05, 0.1) is 11.7 Å². The zero-order chi connectivity index (χ0) is 19.1. The summed E-state index contributed by atoms with van der Waals surface area (Å²) in [6.07, 6.45) is 7.79. The first-order valence-electron chi connectivity index (χ1n) is 9.44. The summed E-state index contributed by atoms with van der Waals surface area (Å²) >= 11 is 0. The normalized spacial score (nSPS) is 15.4. The maximum absolute atomic E-state index is 4.57. The van der Waals surface area contributed by atoms with Gasteiger partial charge in [-0.3, -0.25) is 4.98 Å². The monoisotopic (exact) mass is 375 g/mol. The molecule has 0 unspecified atom stereocenters. The molecule has 0 aromatic carbocycles. The zero-order valence-corrected chi connectivity index (χ0v) is 15.9. The van der Waals surface area contributed by atoms with Crippen LogP contribution >= 0.6 is 0 Å². The number of pyridine rings is 1. The summed E-state index contributed by atoms with van der Waals surface area (Å²) in [5.74, 6) is 2.70. The molecule has 1 aliphatic rings. The quantitative estimate of drug-likeness (QED) is 0.524.